The lowest BCUT2D eigenvalue weighted by Crippen LogP contribution is -2.37. The maximum absolute atomic E-state index is 11.8. The van der Waals surface area contributed by atoms with Crippen LogP contribution in [0, 0.1) is 0 Å². The van der Waals surface area contributed by atoms with Crippen LogP contribution in [0.4, 0.5) is 5.69 Å². The molecule has 0 saturated heterocycles. The molecule has 0 aliphatic carbocycles. The van der Waals surface area contributed by atoms with Gasteiger partial charge in [-0.15, -0.1) is 0 Å². The van der Waals surface area contributed by atoms with Crippen molar-refractivity contribution in [2.24, 2.45) is 0 Å². The van der Waals surface area contributed by atoms with E-state index in [1.807, 2.05) is 37.3 Å². The van der Waals surface area contributed by atoms with E-state index < -0.39 is 11.8 Å². The highest BCUT2D eigenvalue weighted by atomic mass is 79.9. The van der Waals surface area contributed by atoms with E-state index in [0.29, 0.717) is 12.2 Å². The number of carbonyl (C=O) groups is 2. The lowest BCUT2D eigenvalue weighted by atomic mass is 10.0. The molecule has 0 aliphatic rings. The standard InChI is InChI=1S/C17H17BrN2O2/c1-12(13-5-3-2-4-6-13)11-19-16(21)17(22)20-15-9-7-14(18)8-10-15/h2-10,12H,11H2,1H3,(H,19,21)(H,20,22)/t12-/m0/s1. The zero-order valence-corrected chi connectivity index (χ0v) is 13.8. The number of nitrogens with one attached hydrogen (secondary N) is 2. The van der Waals surface area contributed by atoms with Crippen molar-refractivity contribution in [2.45, 2.75) is 12.8 Å². The fourth-order valence-electron chi connectivity index (χ4n) is 1.95. The molecule has 0 fully saturated rings. The highest BCUT2D eigenvalue weighted by Gasteiger charge is 2.15. The van der Waals surface area contributed by atoms with Crippen molar-refractivity contribution in [2.75, 3.05) is 11.9 Å². The van der Waals surface area contributed by atoms with E-state index >= 15 is 0 Å². The highest BCUT2D eigenvalue weighted by molar-refractivity contribution is 9.10. The van der Waals surface area contributed by atoms with Crippen LogP contribution in [0.3, 0.4) is 0 Å². The van der Waals surface area contributed by atoms with Crippen molar-refractivity contribution in [3.8, 4) is 0 Å². The van der Waals surface area contributed by atoms with Crippen LogP contribution in [0.25, 0.3) is 0 Å². The van der Waals surface area contributed by atoms with Crippen molar-refractivity contribution < 1.29 is 9.59 Å². The van der Waals surface area contributed by atoms with Crippen LogP contribution in [0.1, 0.15) is 18.4 Å². The van der Waals surface area contributed by atoms with Gasteiger partial charge in [-0.25, -0.2) is 0 Å². The molecular weight excluding hydrogens is 344 g/mol. The summed E-state index contributed by atoms with van der Waals surface area (Å²) in [6.07, 6.45) is 0. The zero-order chi connectivity index (χ0) is 15.9. The normalized spacial score (nSPS) is 11.5. The lowest BCUT2D eigenvalue weighted by Gasteiger charge is -2.13. The molecule has 2 aromatic rings. The summed E-state index contributed by atoms with van der Waals surface area (Å²) in [6.45, 7) is 2.42. The second-order valence-electron chi connectivity index (χ2n) is 4.98. The minimum atomic E-state index is -0.664. The highest BCUT2D eigenvalue weighted by Crippen LogP contribution is 2.14. The molecule has 0 bridgehead atoms. The number of carbonyl (C=O) groups excluding carboxylic acids is 2. The largest absolute Gasteiger partial charge is 0.347 e. The maximum Gasteiger partial charge on any atom is 0.313 e. The average molecular weight is 361 g/mol. The van der Waals surface area contributed by atoms with Crippen LogP contribution >= 0.6 is 15.9 Å². The molecule has 2 aromatic carbocycles. The van der Waals surface area contributed by atoms with Gasteiger partial charge < -0.3 is 10.6 Å². The summed E-state index contributed by atoms with van der Waals surface area (Å²) in [5.41, 5.74) is 1.70. The van der Waals surface area contributed by atoms with Crippen molar-refractivity contribution in [1.29, 1.82) is 0 Å². The SMILES string of the molecule is C[C@@H](CNC(=O)C(=O)Nc1ccc(Br)cc1)c1ccccc1. The third kappa shape index (κ3) is 4.70. The van der Waals surface area contributed by atoms with Crippen molar-refractivity contribution in [1.82, 2.24) is 5.32 Å². The smallest absolute Gasteiger partial charge is 0.313 e. The van der Waals surface area contributed by atoms with Gasteiger partial charge in [-0.2, -0.15) is 0 Å². The molecule has 2 amide bonds. The average Bonchev–Trinajstić information content (AvgIpc) is 2.55. The second kappa shape index (κ2) is 7.75. The van der Waals surface area contributed by atoms with E-state index in [1.54, 1.807) is 24.3 Å². The number of rotatable bonds is 4. The molecule has 5 heteroatoms. The predicted octanol–water partition coefficient (Wildman–Crippen LogP) is 3.31. The van der Waals surface area contributed by atoms with E-state index in [1.165, 1.54) is 0 Å². The van der Waals surface area contributed by atoms with Gasteiger partial charge in [-0.1, -0.05) is 53.2 Å². The molecule has 22 heavy (non-hydrogen) atoms. The van der Waals surface area contributed by atoms with Crippen molar-refractivity contribution in [3.63, 3.8) is 0 Å². The quantitative estimate of drug-likeness (QED) is 0.821. The first kappa shape index (κ1) is 16.2. The fraction of sp³-hybridized carbons (Fsp3) is 0.176. The summed E-state index contributed by atoms with van der Waals surface area (Å²) in [4.78, 5) is 23.6. The third-order valence-electron chi connectivity index (χ3n) is 3.25. The Kier molecular flexibility index (Phi) is 5.72. The van der Waals surface area contributed by atoms with Gasteiger partial charge >= 0.3 is 11.8 Å². The molecule has 0 heterocycles. The molecule has 0 unspecified atom stereocenters. The van der Waals surface area contributed by atoms with E-state index in [4.69, 9.17) is 0 Å². The summed E-state index contributed by atoms with van der Waals surface area (Å²) >= 11 is 3.31. The van der Waals surface area contributed by atoms with Crippen molar-refractivity contribution >= 4 is 33.4 Å². The van der Waals surface area contributed by atoms with Gasteiger partial charge in [0.1, 0.15) is 0 Å². The van der Waals surface area contributed by atoms with Crippen LogP contribution in [-0.4, -0.2) is 18.4 Å². The van der Waals surface area contributed by atoms with Crippen LogP contribution in [0.5, 0.6) is 0 Å². The Morgan fingerprint density at radius 3 is 2.27 bits per heavy atom. The van der Waals surface area contributed by atoms with Crippen LogP contribution in [0.2, 0.25) is 0 Å². The van der Waals surface area contributed by atoms with E-state index in [-0.39, 0.29) is 5.92 Å². The lowest BCUT2D eigenvalue weighted by molar-refractivity contribution is -0.136. The Bertz CT molecular complexity index is 641. The van der Waals surface area contributed by atoms with Crippen LogP contribution < -0.4 is 10.6 Å². The van der Waals surface area contributed by atoms with E-state index in [9.17, 15) is 9.59 Å². The first-order valence-corrected chi connectivity index (χ1v) is 7.75. The summed E-state index contributed by atoms with van der Waals surface area (Å²) in [5.74, 6) is -1.15. The van der Waals surface area contributed by atoms with Gasteiger partial charge in [0.25, 0.3) is 0 Å². The van der Waals surface area contributed by atoms with Gasteiger partial charge in [0, 0.05) is 16.7 Å². The molecule has 2 N–H and O–H groups in total. The third-order valence-corrected chi connectivity index (χ3v) is 3.77. The summed E-state index contributed by atoms with van der Waals surface area (Å²) in [5, 5.41) is 5.21. The molecule has 0 aromatic heterocycles. The number of hydrogen-bond donors (Lipinski definition) is 2. The second-order valence-corrected chi connectivity index (χ2v) is 5.90. The molecular formula is C17H17BrN2O2. The number of benzene rings is 2. The van der Waals surface area contributed by atoms with Crippen molar-refractivity contribution in [3.05, 3.63) is 64.6 Å². The van der Waals surface area contributed by atoms with Gasteiger partial charge in [0.05, 0.1) is 0 Å². The maximum atomic E-state index is 11.8. The molecule has 0 saturated carbocycles. The number of hydrogen-bond acceptors (Lipinski definition) is 2. The molecule has 2 rings (SSSR count). The molecule has 4 nitrogen and oxygen atoms in total. The Balaban J connectivity index is 1.84. The zero-order valence-electron chi connectivity index (χ0n) is 12.2. The first-order chi connectivity index (χ1) is 10.6. The van der Waals surface area contributed by atoms with Gasteiger partial charge in [-0.3, -0.25) is 9.59 Å². The Hall–Kier alpha value is -2.14. The summed E-state index contributed by atoms with van der Waals surface area (Å²) in [7, 11) is 0. The molecule has 0 radical (unpaired) electrons. The number of anilines is 1. The van der Waals surface area contributed by atoms with Gasteiger partial charge in [-0.05, 0) is 35.7 Å². The minimum absolute atomic E-state index is 0.144. The first-order valence-electron chi connectivity index (χ1n) is 6.96. The monoisotopic (exact) mass is 360 g/mol. The Morgan fingerprint density at radius 2 is 1.64 bits per heavy atom. The van der Waals surface area contributed by atoms with Gasteiger partial charge in [0.15, 0.2) is 0 Å². The van der Waals surface area contributed by atoms with Crippen LogP contribution in [-0.2, 0) is 9.59 Å². The molecule has 0 spiro atoms. The number of amides is 2. The Labute approximate surface area is 138 Å². The molecule has 1 atom stereocenters. The topological polar surface area (TPSA) is 58.2 Å². The number of halogens is 1. The minimum Gasteiger partial charge on any atom is -0.347 e. The predicted molar refractivity (Wildman–Crippen MR) is 90.6 cm³/mol. The van der Waals surface area contributed by atoms with Crippen LogP contribution in [0.15, 0.2) is 59.1 Å². The Morgan fingerprint density at radius 1 is 1.00 bits per heavy atom. The summed E-state index contributed by atoms with van der Waals surface area (Å²) < 4.78 is 0.909. The molecule has 114 valence electrons. The summed E-state index contributed by atoms with van der Waals surface area (Å²) in [6, 6.07) is 16.9. The van der Waals surface area contributed by atoms with E-state index in [2.05, 4.69) is 26.6 Å². The molecule has 0 aliphatic heterocycles. The van der Waals surface area contributed by atoms with E-state index in [0.717, 1.165) is 10.0 Å². The van der Waals surface area contributed by atoms with Gasteiger partial charge in [0.2, 0.25) is 0 Å². The fourth-order valence-corrected chi connectivity index (χ4v) is 2.21.